The monoisotopic (exact) mass is 230 g/mol. The molecule has 0 spiro atoms. The van der Waals surface area contributed by atoms with Gasteiger partial charge in [-0.1, -0.05) is 20.8 Å². The second-order valence-corrected chi connectivity index (χ2v) is 4.76. The molecule has 0 radical (unpaired) electrons. The third-order valence-electron chi connectivity index (χ3n) is 3.22. The van der Waals surface area contributed by atoms with Crippen LogP contribution in [0.25, 0.3) is 0 Å². The number of hydrogen-bond donors (Lipinski definition) is 3. The van der Waals surface area contributed by atoms with Crippen LogP contribution < -0.4 is 10.6 Å². The molecule has 0 unspecified atom stereocenters. The van der Waals surface area contributed by atoms with Crippen molar-refractivity contribution < 1.29 is 9.90 Å². The van der Waals surface area contributed by atoms with Crippen LogP contribution >= 0.6 is 0 Å². The predicted octanol–water partition coefficient (Wildman–Crippen LogP) is 1.04. The fourth-order valence-electron chi connectivity index (χ4n) is 1.61. The normalized spacial score (nSPS) is 12.6. The maximum absolute atomic E-state index is 12.1. The predicted molar refractivity (Wildman–Crippen MR) is 66.3 cm³/mol. The van der Waals surface area contributed by atoms with Gasteiger partial charge in [-0.05, 0) is 33.2 Å². The number of nitrogens with one attached hydrogen (secondary N) is 2. The van der Waals surface area contributed by atoms with Gasteiger partial charge in [0.2, 0.25) is 5.91 Å². The number of amides is 1. The van der Waals surface area contributed by atoms with Gasteiger partial charge < -0.3 is 15.7 Å². The fraction of sp³-hybridized carbons (Fsp3) is 0.917. The first-order chi connectivity index (χ1) is 7.37. The van der Waals surface area contributed by atoms with Gasteiger partial charge in [-0.2, -0.15) is 0 Å². The Bertz CT molecular complexity index is 215. The highest BCUT2D eigenvalue weighted by Gasteiger charge is 2.33. The number of likely N-dealkylation sites (N-methyl/N-ethyl adjacent to an activating group) is 1. The van der Waals surface area contributed by atoms with E-state index in [-0.39, 0.29) is 12.5 Å². The van der Waals surface area contributed by atoms with Crippen molar-refractivity contribution in [2.75, 3.05) is 13.2 Å². The van der Waals surface area contributed by atoms with Crippen LogP contribution in [-0.4, -0.2) is 35.2 Å². The van der Waals surface area contributed by atoms with E-state index in [4.69, 9.17) is 0 Å². The summed E-state index contributed by atoms with van der Waals surface area (Å²) in [7, 11) is 0. The summed E-state index contributed by atoms with van der Waals surface area (Å²) in [5.74, 6) is -0.0629. The average molecular weight is 230 g/mol. The number of rotatable bonds is 7. The Kier molecular flexibility index (Phi) is 5.97. The molecule has 0 aromatic heterocycles. The SMILES string of the molecule is CCNC(C)(C)C(=O)NC(CC)(CC)CO. The summed E-state index contributed by atoms with van der Waals surface area (Å²) in [6, 6.07) is 0. The van der Waals surface area contributed by atoms with E-state index in [9.17, 15) is 9.90 Å². The quantitative estimate of drug-likeness (QED) is 0.612. The molecule has 0 aliphatic rings. The minimum Gasteiger partial charge on any atom is -0.394 e. The Morgan fingerprint density at radius 2 is 1.69 bits per heavy atom. The average Bonchev–Trinajstić information content (AvgIpc) is 2.25. The van der Waals surface area contributed by atoms with E-state index < -0.39 is 11.1 Å². The van der Waals surface area contributed by atoms with Gasteiger partial charge in [-0.25, -0.2) is 0 Å². The summed E-state index contributed by atoms with van der Waals surface area (Å²) in [5.41, 5.74) is -1.08. The molecule has 16 heavy (non-hydrogen) atoms. The van der Waals surface area contributed by atoms with Crippen LogP contribution in [0.1, 0.15) is 47.5 Å². The summed E-state index contributed by atoms with van der Waals surface area (Å²) in [6.45, 7) is 10.3. The molecule has 0 heterocycles. The number of carbonyl (C=O) groups excluding carboxylic acids is 1. The molecule has 96 valence electrons. The van der Waals surface area contributed by atoms with E-state index in [2.05, 4.69) is 10.6 Å². The molecule has 4 nitrogen and oxygen atoms in total. The molecule has 0 aliphatic heterocycles. The zero-order chi connectivity index (χ0) is 12.8. The lowest BCUT2D eigenvalue weighted by molar-refractivity contribution is -0.129. The third-order valence-corrected chi connectivity index (χ3v) is 3.22. The second kappa shape index (κ2) is 6.21. The first-order valence-corrected chi connectivity index (χ1v) is 6.06. The molecule has 1 amide bonds. The molecule has 0 aromatic carbocycles. The Morgan fingerprint density at radius 3 is 2.00 bits per heavy atom. The number of aliphatic hydroxyl groups is 1. The zero-order valence-electron chi connectivity index (χ0n) is 11.2. The zero-order valence-corrected chi connectivity index (χ0v) is 11.2. The van der Waals surface area contributed by atoms with Gasteiger partial charge in [-0.3, -0.25) is 4.79 Å². The Labute approximate surface area is 98.8 Å². The number of carbonyl (C=O) groups is 1. The Morgan fingerprint density at radius 1 is 1.19 bits per heavy atom. The highest BCUT2D eigenvalue weighted by atomic mass is 16.3. The maximum Gasteiger partial charge on any atom is 0.240 e. The van der Waals surface area contributed by atoms with Crippen molar-refractivity contribution in [2.24, 2.45) is 0 Å². The van der Waals surface area contributed by atoms with Gasteiger partial charge in [0.1, 0.15) is 0 Å². The highest BCUT2D eigenvalue weighted by Crippen LogP contribution is 2.16. The molecule has 0 saturated heterocycles. The molecule has 0 aromatic rings. The number of aliphatic hydroxyl groups excluding tert-OH is 1. The highest BCUT2D eigenvalue weighted by molar-refractivity contribution is 5.86. The van der Waals surface area contributed by atoms with Crippen LogP contribution in [0, 0.1) is 0 Å². The van der Waals surface area contributed by atoms with Gasteiger partial charge in [0.15, 0.2) is 0 Å². The molecular formula is C12H26N2O2. The van der Waals surface area contributed by atoms with Gasteiger partial charge in [-0.15, -0.1) is 0 Å². The lowest BCUT2D eigenvalue weighted by Crippen LogP contribution is -2.60. The first kappa shape index (κ1) is 15.4. The van der Waals surface area contributed by atoms with E-state index >= 15 is 0 Å². The maximum atomic E-state index is 12.1. The van der Waals surface area contributed by atoms with Crippen molar-refractivity contribution in [3.63, 3.8) is 0 Å². The minimum atomic E-state index is -0.598. The van der Waals surface area contributed by atoms with Crippen molar-refractivity contribution in [3.05, 3.63) is 0 Å². The van der Waals surface area contributed by atoms with Crippen LogP contribution in [0.5, 0.6) is 0 Å². The van der Waals surface area contributed by atoms with Crippen molar-refractivity contribution >= 4 is 5.91 Å². The summed E-state index contributed by atoms with van der Waals surface area (Å²) in [5, 5.41) is 15.5. The molecule has 0 atom stereocenters. The van der Waals surface area contributed by atoms with E-state index in [1.54, 1.807) is 0 Å². The summed E-state index contributed by atoms with van der Waals surface area (Å²) < 4.78 is 0. The van der Waals surface area contributed by atoms with Crippen LogP contribution in [0.4, 0.5) is 0 Å². The Balaban J connectivity index is 4.63. The topological polar surface area (TPSA) is 61.4 Å². The minimum absolute atomic E-state index is 0.0199. The molecular weight excluding hydrogens is 204 g/mol. The number of hydrogen-bond acceptors (Lipinski definition) is 3. The second-order valence-electron chi connectivity index (χ2n) is 4.76. The van der Waals surface area contributed by atoms with Gasteiger partial charge in [0, 0.05) is 0 Å². The summed E-state index contributed by atoms with van der Waals surface area (Å²) >= 11 is 0. The van der Waals surface area contributed by atoms with Crippen LogP contribution in [0.2, 0.25) is 0 Å². The van der Waals surface area contributed by atoms with E-state index in [1.807, 2.05) is 34.6 Å². The Hall–Kier alpha value is -0.610. The van der Waals surface area contributed by atoms with Crippen LogP contribution in [0.15, 0.2) is 0 Å². The van der Waals surface area contributed by atoms with E-state index in [0.717, 1.165) is 19.4 Å². The van der Waals surface area contributed by atoms with Crippen molar-refractivity contribution in [2.45, 2.75) is 58.5 Å². The molecule has 4 heteroatoms. The summed E-state index contributed by atoms with van der Waals surface area (Å²) in [6.07, 6.45) is 1.46. The largest absolute Gasteiger partial charge is 0.394 e. The molecule has 3 N–H and O–H groups in total. The standard InChI is InChI=1S/C12H26N2O2/c1-6-12(7-2,9-15)14-10(16)11(4,5)13-8-3/h13,15H,6-9H2,1-5H3,(H,14,16). The van der Waals surface area contributed by atoms with Crippen molar-refractivity contribution in [3.8, 4) is 0 Å². The lowest BCUT2D eigenvalue weighted by atomic mass is 9.92. The van der Waals surface area contributed by atoms with E-state index in [0.29, 0.717) is 0 Å². The summed E-state index contributed by atoms with van der Waals surface area (Å²) in [4.78, 5) is 12.1. The molecule has 0 aliphatic carbocycles. The van der Waals surface area contributed by atoms with Crippen LogP contribution in [-0.2, 0) is 4.79 Å². The van der Waals surface area contributed by atoms with Gasteiger partial charge >= 0.3 is 0 Å². The third kappa shape index (κ3) is 3.76. The fourth-order valence-corrected chi connectivity index (χ4v) is 1.61. The molecule has 0 bridgehead atoms. The van der Waals surface area contributed by atoms with Gasteiger partial charge in [0.25, 0.3) is 0 Å². The molecule has 0 rings (SSSR count). The lowest BCUT2D eigenvalue weighted by Gasteiger charge is -2.35. The molecule has 0 fully saturated rings. The molecule has 0 saturated carbocycles. The van der Waals surface area contributed by atoms with Crippen molar-refractivity contribution in [1.82, 2.24) is 10.6 Å². The first-order valence-electron chi connectivity index (χ1n) is 6.06. The van der Waals surface area contributed by atoms with Gasteiger partial charge in [0.05, 0.1) is 17.7 Å². The van der Waals surface area contributed by atoms with Crippen LogP contribution in [0.3, 0.4) is 0 Å². The van der Waals surface area contributed by atoms with E-state index in [1.165, 1.54) is 0 Å². The smallest absolute Gasteiger partial charge is 0.240 e. The van der Waals surface area contributed by atoms with Crippen molar-refractivity contribution in [1.29, 1.82) is 0 Å².